The van der Waals surface area contributed by atoms with Crippen LogP contribution >= 0.6 is 0 Å². The van der Waals surface area contributed by atoms with Gasteiger partial charge in [-0.2, -0.15) is 10.2 Å². The van der Waals surface area contributed by atoms with E-state index < -0.39 is 0 Å². The third-order valence-corrected chi connectivity index (χ3v) is 3.28. The second-order valence-corrected chi connectivity index (χ2v) is 4.92. The molecule has 10 nitrogen and oxygen atoms in total. The molecule has 0 fully saturated rings. The van der Waals surface area contributed by atoms with Crippen LogP contribution in [0.4, 0.5) is 5.82 Å². The summed E-state index contributed by atoms with van der Waals surface area (Å²) in [6.07, 6.45) is 4.60. The molecule has 0 saturated heterocycles. The fourth-order valence-electron chi connectivity index (χ4n) is 2.12. The van der Waals surface area contributed by atoms with Gasteiger partial charge in [-0.15, -0.1) is 0 Å². The Bertz CT molecular complexity index is 1040. The standard InChI is InChI=1S/C7H8N4O.C6H7N5.CH4/c1-4-9-6-5(7(12)10-4)3-8-11(6)2;1-11-6-4(2-10-11)5(7)8-3-9-6;/h3H,1-2H3,(H,9,10,12);2-3H,1H3,(H2,7,8,9);1H4. The Balaban J connectivity index is 0.000000167. The van der Waals surface area contributed by atoms with Crippen LogP contribution in [0.3, 0.4) is 0 Å². The van der Waals surface area contributed by atoms with E-state index in [-0.39, 0.29) is 13.0 Å². The fraction of sp³-hybridized carbons (Fsp3) is 0.286. The Morgan fingerprint density at radius 3 is 2.33 bits per heavy atom. The Morgan fingerprint density at radius 1 is 1.04 bits per heavy atom. The second-order valence-electron chi connectivity index (χ2n) is 4.92. The Labute approximate surface area is 137 Å². The van der Waals surface area contributed by atoms with Crippen LogP contribution in [0.5, 0.6) is 0 Å². The van der Waals surface area contributed by atoms with Gasteiger partial charge in [0.1, 0.15) is 23.4 Å². The number of nitrogens with one attached hydrogen (secondary N) is 1. The molecule has 0 atom stereocenters. The van der Waals surface area contributed by atoms with Crippen LogP contribution in [0.15, 0.2) is 23.5 Å². The molecule has 0 aliphatic rings. The lowest BCUT2D eigenvalue weighted by Gasteiger charge is -1.93. The normalized spacial score (nSPS) is 10.3. The minimum atomic E-state index is -0.134. The van der Waals surface area contributed by atoms with Crippen molar-refractivity contribution < 1.29 is 0 Å². The SMILES string of the molecule is C.Cc1nc2c(cnn2C)c(=O)[nH]1.Cn1ncc2c(N)ncnc21. The van der Waals surface area contributed by atoms with Crippen LogP contribution in [-0.2, 0) is 14.1 Å². The van der Waals surface area contributed by atoms with E-state index in [1.165, 1.54) is 12.5 Å². The zero-order valence-electron chi connectivity index (χ0n) is 12.8. The van der Waals surface area contributed by atoms with E-state index in [0.29, 0.717) is 22.7 Å². The molecule has 4 heterocycles. The third-order valence-electron chi connectivity index (χ3n) is 3.28. The maximum atomic E-state index is 11.3. The van der Waals surface area contributed by atoms with Crippen LogP contribution in [0, 0.1) is 6.92 Å². The van der Waals surface area contributed by atoms with E-state index in [1.807, 2.05) is 7.05 Å². The van der Waals surface area contributed by atoms with E-state index in [1.54, 1.807) is 29.5 Å². The summed E-state index contributed by atoms with van der Waals surface area (Å²) in [5.41, 5.74) is 6.81. The molecule has 10 heteroatoms. The average molecular weight is 329 g/mol. The van der Waals surface area contributed by atoms with Crippen molar-refractivity contribution in [2.75, 3.05) is 5.73 Å². The van der Waals surface area contributed by atoms with Gasteiger partial charge in [-0.05, 0) is 6.92 Å². The molecule has 0 radical (unpaired) electrons. The van der Waals surface area contributed by atoms with Crippen molar-refractivity contribution in [1.29, 1.82) is 0 Å². The number of nitrogen functional groups attached to an aromatic ring is 1. The second kappa shape index (κ2) is 6.44. The van der Waals surface area contributed by atoms with Crippen molar-refractivity contribution in [2.45, 2.75) is 14.4 Å². The number of fused-ring (bicyclic) bond motifs is 2. The largest absolute Gasteiger partial charge is 0.383 e. The number of aryl methyl sites for hydroxylation is 3. The molecule has 3 N–H and O–H groups in total. The van der Waals surface area contributed by atoms with Gasteiger partial charge in [-0.25, -0.2) is 15.0 Å². The average Bonchev–Trinajstić information content (AvgIpc) is 3.06. The highest BCUT2D eigenvalue weighted by atomic mass is 16.1. The molecule has 126 valence electrons. The molecule has 0 aliphatic heterocycles. The zero-order chi connectivity index (χ0) is 16.6. The third kappa shape index (κ3) is 2.93. The van der Waals surface area contributed by atoms with Crippen molar-refractivity contribution in [2.24, 2.45) is 14.1 Å². The summed E-state index contributed by atoms with van der Waals surface area (Å²) < 4.78 is 3.24. The van der Waals surface area contributed by atoms with Crippen molar-refractivity contribution in [1.82, 2.24) is 39.5 Å². The Kier molecular flexibility index (Phi) is 4.58. The highest BCUT2D eigenvalue weighted by molar-refractivity contribution is 5.84. The van der Waals surface area contributed by atoms with Gasteiger partial charge < -0.3 is 10.7 Å². The summed E-state index contributed by atoms with van der Waals surface area (Å²) in [4.78, 5) is 25.9. The topological polar surface area (TPSA) is 133 Å². The number of anilines is 1. The molecule has 4 aromatic rings. The van der Waals surface area contributed by atoms with Crippen LogP contribution in [0.25, 0.3) is 22.1 Å². The van der Waals surface area contributed by atoms with Crippen LogP contribution in [0.1, 0.15) is 13.3 Å². The molecule has 0 spiro atoms. The molecule has 4 rings (SSSR count). The highest BCUT2D eigenvalue weighted by Crippen LogP contribution is 2.13. The fourth-order valence-corrected chi connectivity index (χ4v) is 2.12. The lowest BCUT2D eigenvalue weighted by molar-refractivity contribution is 0.782. The summed E-state index contributed by atoms with van der Waals surface area (Å²) >= 11 is 0. The van der Waals surface area contributed by atoms with Crippen LogP contribution in [0.2, 0.25) is 0 Å². The Hall–Kier alpha value is -3.30. The minimum Gasteiger partial charge on any atom is -0.383 e. The van der Waals surface area contributed by atoms with Crippen LogP contribution in [-0.4, -0.2) is 39.5 Å². The molecule has 0 aromatic carbocycles. The number of rotatable bonds is 0. The van der Waals surface area contributed by atoms with E-state index in [9.17, 15) is 4.79 Å². The minimum absolute atomic E-state index is 0. The van der Waals surface area contributed by atoms with Gasteiger partial charge in [0.15, 0.2) is 11.3 Å². The van der Waals surface area contributed by atoms with Crippen molar-refractivity contribution in [3.05, 3.63) is 34.9 Å². The van der Waals surface area contributed by atoms with Crippen molar-refractivity contribution >= 4 is 27.9 Å². The van der Waals surface area contributed by atoms with Gasteiger partial charge in [0.05, 0.1) is 17.8 Å². The smallest absolute Gasteiger partial charge is 0.262 e. The van der Waals surface area contributed by atoms with Gasteiger partial charge in [0.2, 0.25) is 0 Å². The van der Waals surface area contributed by atoms with Gasteiger partial charge in [-0.3, -0.25) is 14.2 Å². The summed E-state index contributed by atoms with van der Waals surface area (Å²) in [6.45, 7) is 1.74. The molecule has 24 heavy (non-hydrogen) atoms. The maximum Gasteiger partial charge on any atom is 0.262 e. The summed E-state index contributed by atoms with van der Waals surface area (Å²) in [7, 11) is 3.57. The zero-order valence-corrected chi connectivity index (χ0v) is 12.8. The van der Waals surface area contributed by atoms with Gasteiger partial charge in [0.25, 0.3) is 5.56 Å². The molecular weight excluding hydrogens is 310 g/mol. The van der Waals surface area contributed by atoms with Crippen molar-refractivity contribution in [3.63, 3.8) is 0 Å². The van der Waals surface area contributed by atoms with Crippen molar-refractivity contribution in [3.8, 4) is 0 Å². The Morgan fingerprint density at radius 2 is 1.67 bits per heavy atom. The quantitative estimate of drug-likeness (QED) is 0.481. The molecule has 0 amide bonds. The van der Waals surface area contributed by atoms with Crippen LogP contribution < -0.4 is 11.3 Å². The number of aromatic nitrogens is 8. The predicted octanol–water partition coefficient (Wildman–Crippen LogP) is 0.547. The lowest BCUT2D eigenvalue weighted by Crippen LogP contribution is -2.09. The van der Waals surface area contributed by atoms with E-state index >= 15 is 0 Å². The molecule has 4 aromatic heterocycles. The molecule has 0 unspecified atom stereocenters. The number of hydrogen-bond donors (Lipinski definition) is 2. The summed E-state index contributed by atoms with van der Waals surface area (Å²) in [5.74, 6) is 1.08. The molecule has 0 aliphatic carbocycles. The maximum absolute atomic E-state index is 11.3. The van der Waals surface area contributed by atoms with E-state index in [2.05, 4.69) is 30.1 Å². The number of nitrogens with two attached hydrogens (primary N) is 1. The van der Waals surface area contributed by atoms with E-state index in [4.69, 9.17) is 5.73 Å². The monoisotopic (exact) mass is 329 g/mol. The first kappa shape index (κ1) is 17.1. The predicted molar refractivity (Wildman–Crippen MR) is 91.3 cm³/mol. The molecule has 0 saturated carbocycles. The number of hydrogen-bond acceptors (Lipinski definition) is 7. The number of H-pyrrole nitrogens is 1. The summed E-state index contributed by atoms with van der Waals surface area (Å²) in [5, 5.41) is 9.25. The first-order valence-electron chi connectivity index (χ1n) is 6.74. The molecular formula is C14H19N9O. The number of aromatic amines is 1. The first-order valence-corrected chi connectivity index (χ1v) is 6.74. The first-order chi connectivity index (χ1) is 11.0. The van der Waals surface area contributed by atoms with Gasteiger partial charge >= 0.3 is 0 Å². The van der Waals surface area contributed by atoms with Gasteiger partial charge in [-0.1, -0.05) is 7.43 Å². The number of nitrogens with zero attached hydrogens (tertiary/aromatic N) is 7. The summed E-state index contributed by atoms with van der Waals surface area (Å²) in [6, 6.07) is 0. The highest BCUT2D eigenvalue weighted by Gasteiger charge is 2.04. The lowest BCUT2D eigenvalue weighted by atomic mass is 10.4. The molecule has 0 bridgehead atoms. The van der Waals surface area contributed by atoms with Gasteiger partial charge in [0, 0.05) is 14.1 Å². The van der Waals surface area contributed by atoms with E-state index in [0.717, 1.165) is 11.0 Å².